The topological polar surface area (TPSA) is 46.5 Å². The smallest absolute Gasteiger partial charge is 0.414 e. The van der Waals surface area contributed by atoms with Crippen LogP contribution in [0.4, 0.5) is 4.79 Å². The van der Waals surface area contributed by atoms with Gasteiger partial charge in [-0.1, -0.05) is 0 Å². The molecule has 0 saturated carbocycles. The summed E-state index contributed by atoms with van der Waals surface area (Å²) in [5, 5.41) is 9.39. The summed E-state index contributed by atoms with van der Waals surface area (Å²) in [5.74, 6) is 0. The molecule has 1 N–H and O–H groups in total. The van der Waals surface area contributed by atoms with Crippen LogP contribution in [0.1, 0.15) is 27.2 Å². The highest BCUT2D eigenvalue weighted by Gasteiger charge is 2.43. The van der Waals surface area contributed by atoms with Crippen LogP contribution in [0.3, 0.4) is 0 Å². The first-order valence-electron chi connectivity index (χ1n) is 4.99. The third kappa shape index (κ3) is 2.69. The van der Waals surface area contributed by atoms with Crippen molar-refractivity contribution < 1.29 is 19.1 Å². The number of likely N-dealkylation sites (N-methyl/N-ethyl adjacent to an activating group) is 1. The Kier molecular flexibility index (Phi) is 2.88. The second kappa shape index (κ2) is 3.51. The molecular weight excluding hydrogens is 182 g/mol. The maximum Gasteiger partial charge on any atom is 0.516 e. The summed E-state index contributed by atoms with van der Waals surface area (Å²) in [5.41, 5.74) is -0.452. The van der Waals surface area contributed by atoms with Gasteiger partial charge in [-0.3, -0.25) is 0 Å². The molecule has 1 heterocycles. The van der Waals surface area contributed by atoms with Crippen molar-refractivity contribution in [1.82, 2.24) is 0 Å². The molecule has 2 unspecified atom stereocenters. The maximum atomic E-state index is 11.8. The number of hydrogen-bond acceptors (Lipinski definition) is 3. The number of ether oxygens (including phenoxy) is 1. The monoisotopic (exact) mass is 202 g/mol. The quantitative estimate of drug-likeness (QED) is 0.599. The molecule has 1 aliphatic heterocycles. The number of quaternary nitrogens is 1. The fourth-order valence-electron chi connectivity index (χ4n) is 1.62. The van der Waals surface area contributed by atoms with Crippen LogP contribution >= 0.6 is 0 Å². The van der Waals surface area contributed by atoms with Crippen LogP contribution in [-0.2, 0) is 4.74 Å². The van der Waals surface area contributed by atoms with Gasteiger partial charge in [0.05, 0.1) is 13.6 Å². The van der Waals surface area contributed by atoms with Gasteiger partial charge in [-0.05, 0) is 20.8 Å². The highest BCUT2D eigenvalue weighted by molar-refractivity contribution is 5.60. The van der Waals surface area contributed by atoms with Crippen molar-refractivity contribution in [1.29, 1.82) is 0 Å². The van der Waals surface area contributed by atoms with Crippen LogP contribution in [0.5, 0.6) is 0 Å². The van der Waals surface area contributed by atoms with Gasteiger partial charge in [0.15, 0.2) is 0 Å². The van der Waals surface area contributed by atoms with E-state index in [1.165, 1.54) is 0 Å². The molecule has 0 spiro atoms. The molecule has 1 rings (SSSR count). The van der Waals surface area contributed by atoms with Crippen LogP contribution < -0.4 is 0 Å². The van der Waals surface area contributed by atoms with E-state index in [9.17, 15) is 9.90 Å². The van der Waals surface area contributed by atoms with E-state index >= 15 is 0 Å². The van der Waals surface area contributed by atoms with E-state index in [1.54, 1.807) is 0 Å². The van der Waals surface area contributed by atoms with Crippen molar-refractivity contribution in [2.24, 2.45) is 0 Å². The fourth-order valence-corrected chi connectivity index (χ4v) is 1.62. The molecule has 2 atom stereocenters. The average molecular weight is 202 g/mol. The van der Waals surface area contributed by atoms with Gasteiger partial charge in [0.1, 0.15) is 18.2 Å². The summed E-state index contributed by atoms with van der Waals surface area (Å²) < 4.78 is 5.49. The summed E-state index contributed by atoms with van der Waals surface area (Å²) in [6.07, 6.45) is 0.0667. The van der Waals surface area contributed by atoms with Crippen LogP contribution in [0.25, 0.3) is 0 Å². The molecule has 1 fully saturated rings. The second-order valence-corrected chi connectivity index (χ2v) is 5.22. The Morgan fingerprint density at radius 3 is 2.43 bits per heavy atom. The Hall–Kier alpha value is -0.610. The van der Waals surface area contributed by atoms with Gasteiger partial charge in [-0.25, -0.2) is 4.48 Å². The Morgan fingerprint density at radius 1 is 1.50 bits per heavy atom. The predicted octanol–water partition coefficient (Wildman–Crippen LogP) is 1.13. The van der Waals surface area contributed by atoms with Gasteiger partial charge in [0.2, 0.25) is 0 Å². The van der Waals surface area contributed by atoms with E-state index in [-0.39, 0.29) is 16.7 Å². The van der Waals surface area contributed by atoms with Crippen LogP contribution in [-0.4, -0.2) is 47.5 Å². The molecule has 0 aromatic rings. The number of carbonyl (C=O) groups excluding carboxylic acids is 1. The number of hydrogen-bond donors (Lipinski definition) is 1. The van der Waals surface area contributed by atoms with E-state index < -0.39 is 5.60 Å². The van der Waals surface area contributed by atoms with Crippen LogP contribution in [0, 0.1) is 0 Å². The van der Waals surface area contributed by atoms with Crippen molar-refractivity contribution in [2.45, 2.75) is 38.9 Å². The Bertz CT molecular complexity index is 234. The number of amides is 1. The Labute approximate surface area is 85.1 Å². The van der Waals surface area contributed by atoms with E-state index in [0.717, 1.165) is 0 Å². The molecule has 0 bridgehead atoms. The molecule has 0 radical (unpaired) electrons. The SMILES string of the molecule is CC(C)(C)OC(=O)[N+]1(C)CCC(O)C1. The molecule has 14 heavy (non-hydrogen) atoms. The minimum Gasteiger partial charge on any atom is -0.414 e. The lowest BCUT2D eigenvalue weighted by Crippen LogP contribution is -2.50. The number of aliphatic hydroxyl groups is 1. The maximum absolute atomic E-state index is 11.8. The van der Waals surface area contributed by atoms with Crippen molar-refractivity contribution in [3.05, 3.63) is 0 Å². The number of likely N-dealkylation sites (tertiary alicyclic amines) is 1. The minimum absolute atomic E-state index is 0.193. The molecule has 1 aliphatic rings. The third-order valence-corrected chi connectivity index (χ3v) is 2.40. The lowest BCUT2D eigenvalue weighted by molar-refractivity contribution is -0.827. The zero-order valence-electron chi connectivity index (χ0n) is 9.41. The molecule has 4 heteroatoms. The van der Waals surface area contributed by atoms with E-state index in [0.29, 0.717) is 19.5 Å². The molecule has 1 saturated heterocycles. The fraction of sp³-hybridized carbons (Fsp3) is 0.900. The van der Waals surface area contributed by atoms with Crippen molar-refractivity contribution in [2.75, 3.05) is 20.1 Å². The highest BCUT2D eigenvalue weighted by Crippen LogP contribution is 2.21. The predicted molar refractivity (Wildman–Crippen MR) is 52.8 cm³/mol. The molecular formula is C10H20NO3+. The highest BCUT2D eigenvalue weighted by atomic mass is 16.6. The average Bonchev–Trinajstić information content (AvgIpc) is 2.29. The van der Waals surface area contributed by atoms with Gasteiger partial charge in [0.25, 0.3) is 0 Å². The largest absolute Gasteiger partial charge is 0.516 e. The summed E-state index contributed by atoms with van der Waals surface area (Å²) in [7, 11) is 1.81. The van der Waals surface area contributed by atoms with E-state index in [2.05, 4.69) is 0 Å². The minimum atomic E-state index is -0.452. The van der Waals surface area contributed by atoms with E-state index in [4.69, 9.17) is 4.74 Å². The molecule has 1 amide bonds. The lowest BCUT2D eigenvalue weighted by Gasteiger charge is -2.28. The van der Waals surface area contributed by atoms with Crippen molar-refractivity contribution in [3.8, 4) is 0 Å². The van der Waals surface area contributed by atoms with Gasteiger partial charge in [-0.15, -0.1) is 0 Å². The lowest BCUT2D eigenvalue weighted by atomic mass is 10.2. The number of carbonyl (C=O) groups is 1. The summed E-state index contributed by atoms with van der Waals surface area (Å²) >= 11 is 0. The standard InChI is InChI=1S/C10H20NO3/c1-10(2,3)14-9(13)11(4)6-5-8(12)7-11/h8,12H,5-7H2,1-4H3/q+1. The van der Waals surface area contributed by atoms with Gasteiger partial charge in [-0.2, -0.15) is 4.79 Å². The normalized spacial score (nSPS) is 33.1. The van der Waals surface area contributed by atoms with Crippen LogP contribution in [0.15, 0.2) is 0 Å². The number of rotatable bonds is 0. The Balaban J connectivity index is 2.61. The van der Waals surface area contributed by atoms with E-state index in [1.807, 2.05) is 27.8 Å². The second-order valence-electron chi connectivity index (χ2n) is 5.22. The molecule has 0 aliphatic carbocycles. The van der Waals surface area contributed by atoms with Crippen molar-refractivity contribution in [3.63, 3.8) is 0 Å². The third-order valence-electron chi connectivity index (χ3n) is 2.40. The first-order chi connectivity index (χ1) is 6.23. The number of aliphatic hydroxyl groups excluding tert-OH is 1. The summed E-state index contributed by atoms with van der Waals surface area (Å²) in [4.78, 5) is 11.8. The first kappa shape index (κ1) is 11.5. The first-order valence-corrected chi connectivity index (χ1v) is 4.99. The summed E-state index contributed by atoms with van der Waals surface area (Å²) in [6, 6.07) is 0. The van der Waals surface area contributed by atoms with Crippen molar-refractivity contribution >= 4 is 6.09 Å². The summed E-state index contributed by atoms with van der Waals surface area (Å²) in [6.45, 7) is 6.68. The molecule has 82 valence electrons. The molecule has 0 aromatic carbocycles. The zero-order valence-corrected chi connectivity index (χ0v) is 9.41. The molecule has 4 nitrogen and oxygen atoms in total. The zero-order chi connectivity index (χ0) is 11.0. The molecule has 0 aromatic heterocycles. The van der Waals surface area contributed by atoms with Gasteiger partial charge in [0, 0.05) is 6.42 Å². The number of nitrogens with zero attached hydrogens (tertiary/aromatic N) is 1. The van der Waals surface area contributed by atoms with Gasteiger partial charge < -0.3 is 9.84 Å². The van der Waals surface area contributed by atoms with Gasteiger partial charge >= 0.3 is 6.09 Å². The Morgan fingerprint density at radius 2 is 2.07 bits per heavy atom. The van der Waals surface area contributed by atoms with Crippen LogP contribution in [0.2, 0.25) is 0 Å².